The van der Waals surface area contributed by atoms with Crippen molar-refractivity contribution in [3.05, 3.63) is 52.8 Å². The molecule has 24 heavy (non-hydrogen) atoms. The number of piperidine rings is 1. The van der Waals surface area contributed by atoms with Crippen molar-refractivity contribution in [2.75, 3.05) is 20.2 Å². The summed E-state index contributed by atoms with van der Waals surface area (Å²) in [5.74, 6) is 0.0916. The van der Waals surface area contributed by atoms with E-state index in [0.717, 1.165) is 41.9 Å². The summed E-state index contributed by atoms with van der Waals surface area (Å²) in [5.41, 5.74) is 3.87. The van der Waals surface area contributed by atoms with Crippen molar-refractivity contribution in [1.82, 2.24) is 14.7 Å². The number of methoxy groups -OCH3 is 1. The van der Waals surface area contributed by atoms with Gasteiger partial charge in [-0.25, -0.2) is 0 Å². The molecule has 1 aliphatic rings. The van der Waals surface area contributed by atoms with Gasteiger partial charge in [-0.05, 0) is 44.4 Å². The van der Waals surface area contributed by atoms with Gasteiger partial charge in [0.1, 0.15) is 0 Å². The fraction of sp³-hybridized carbons (Fsp3) is 0.474. The summed E-state index contributed by atoms with van der Waals surface area (Å²) in [6.07, 6.45) is 2.06. The predicted octanol–water partition coefficient (Wildman–Crippen LogP) is 3.12. The van der Waals surface area contributed by atoms with Crippen molar-refractivity contribution in [2.45, 2.75) is 39.3 Å². The summed E-state index contributed by atoms with van der Waals surface area (Å²) in [4.78, 5) is 15.0. The standard InChI is InChI=1S/C19H25N3O2/c1-14-11-15(2)22(20-14)17-8-6-10-21(12-17)19(23)18-9-5-4-7-16(18)13-24-3/h4-5,7,9,11,17H,6,8,10,12-13H2,1-3H3/t17-/m1/s1. The fourth-order valence-corrected chi connectivity index (χ4v) is 3.54. The van der Waals surface area contributed by atoms with Gasteiger partial charge in [0.25, 0.3) is 5.91 Å². The second-order valence-electron chi connectivity index (χ2n) is 6.51. The van der Waals surface area contributed by atoms with E-state index >= 15 is 0 Å². The Morgan fingerprint density at radius 1 is 1.33 bits per heavy atom. The summed E-state index contributed by atoms with van der Waals surface area (Å²) in [7, 11) is 1.65. The second kappa shape index (κ2) is 7.18. The number of aryl methyl sites for hydroxylation is 2. The molecule has 1 aromatic carbocycles. The monoisotopic (exact) mass is 327 g/mol. The molecule has 1 saturated heterocycles. The van der Waals surface area contributed by atoms with Crippen LogP contribution in [0.1, 0.15) is 46.2 Å². The quantitative estimate of drug-likeness (QED) is 0.867. The summed E-state index contributed by atoms with van der Waals surface area (Å²) < 4.78 is 7.31. The van der Waals surface area contributed by atoms with Gasteiger partial charge >= 0.3 is 0 Å². The van der Waals surface area contributed by atoms with E-state index in [1.807, 2.05) is 36.1 Å². The van der Waals surface area contributed by atoms with E-state index in [4.69, 9.17) is 4.74 Å². The molecule has 0 bridgehead atoms. The zero-order valence-corrected chi connectivity index (χ0v) is 14.7. The number of hydrogen-bond donors (Lipinski definition) is 0. The summed E-state index contributed by atoms with van der Waals surface area (Å²) in [6, 6.07) is 10.1. The molecule has 2 heterocycles. The topological polar surface area (TPSA) is 47.4 Å². The number of likely N-dealkylation sites (tertiary alicyclic amines) is 1. The van der Waals surface area contributed by atoms with Gasteiger partial charge in [-0.3, -0.25) is 9.48 Å². The molecule has 0 unspecified atom stereocenters. The van der Waals surface area contributed by atoms with Crippen LogP contribution in [0.15, 0.2) is 30.3 Å². The molecule has 5 heteroatoms. The van der Waals surface area contributed by atoms with Crippen molar-refractivity contribution in [3.63, 3.8) is 0 Å². The van der Waals surface area contributed by atoms with Gasteiger partial charge in [0, 0.05) is 31.5 Å². The Morgan fingerprint density at radius 2 is 2.12 bits per heavy atom. The number of aromatic nitrogens is 2. The first-order valence-electron chi connectivity index (χ1n) is 8.49. The second-order valence-corrected chi connectivity index (χ2v) is 6.51. The Morgan fingerprint density at radius 3 is 2.83 bits per heavy atom. The zero-order valence-electron chi connectivity index (χ0n) is 14.7. The van der Waals surface area contributed by atoms with Crippen LogP contribution in [-0.4, -0.2) is 40.8 Å². The van der Waals surface area contributed by atoms with Crippen LogP contribution in [0.4, 0.5) is 0 Å². The summed E-state index contributed by atoms with van der Waals surface area (Å²) >= 11 is 0. The highest BCUT2D eigenvalue weighted by atomic mass is 16.5. The van der Waals surface area contributed by atoms with Crippen molar-refractivity contribution in [3.8, 4) is 0 Å². The molecule has 128 valence electrons. The number of nitrogens with zero attached hydrogens (tertiary/aromatic N) is 3. The van der Waals surface area contributed by atoms with E-state index < -0.39 is 0 Å². The first kappa shape index (κ1) is 16.7. The lowest BCUT2D eigenvalue weighted by Gasteiger charge is -2.34. The highest BCUT2D eigenvalue weighted by molar-refractivity contribution is 5.95. The number of benzene rings is 1. The lowest BCUT2D eigenvalue weighted by atomic mass is 10.0. The minimum absolute atomic E-state index is 0.0916. The largest absolute Gasteiger partial charge is 0.380 e. The summed E-state index contributed by atoms with van der Waals surface area (Å²) in [6.45, 7) is 6.06. The molecule has 1 atom stereocenters. The summed E-state index contributed by atoms with van der Waals surface area (Å²) in [5, 5.41) is 4.61. The van der Waals surface area contributed by atoms with Crippen LogP contribution in [0.5, 0.6) is 0 Å². The maximum Gasteiger partial charge on any atom is 0.254 e. The Labute approximate surface area is 143 Å². The average molecular weight is 327 g/mol. The number of carbonyl (C=O) groups excluding carboxylic acids is 1. The molecule has 0 saturated carbocycles. The third-order valence-corrected chi connectivity index (χ3v) is 4.62. The van der Waals surface area contributed by atoms with Crippen LogP contribution < -0.4 is 0 Å². The molecule has 1 fully saturated rings. The average Bonchev–Trinajstić information content (AvgIpc) is 2.93. The smallest absolute Gasteiger partial charge is 0.254 e. The predicted molar refractivity (Wildman–Crippen MR) is 93.0 cm³/mol. The van der Waals surface area contributed by atoms with Gasteiger partial charge in [-0.15, -0.1) is 0 Å². The normalized spacial score (nSPS) is 18.0. The third-order valence-electron chi connectivity index (χ3n) is 4.62. The minimum atomic E-state index is 0.0916. The maximum atomic E-state index is 13.0. The van der Waals surface area contributed by atoms with Crippen LogP contribution in [0.2, 0.25) is 0 Å². The number of carbonyl (C=O) groups is 1. The highest BCUT2D eigenvalue weighted by Crippen LogP contribution is 2.25. The van der Waals surface area contributed by atoms with Crippen LogP contribution >= 0.6 is 0 Å². The van der Waals surface area contributed by atoms with Crippen LogP contribution in [0, 0.1) is 13.8 Å². The van der Waals surface area contributed by atoms with Gasteiger partial charge in [0.05, 0.1) is 18.3 Å². The zero-order chi connectivity index (χ0) is 17.1. The Kier molecular flexibility index (Phi) is 5.00. The minimum Gasteiger partial charge on any atom is -0.380 e. The molecular weight excluding hydrogens is 302 g/mol. The van der Waals surface area contributed by atoms with Gasteiger partial charge < -0.3 is 9.64 Å². The molecule has 1 aliphatic heterocycles. The molecule has 0 radical (unpaired) electrons. The van der Waals surface area contributed by atoms with Gasteiger partial charge in [0.15, 0.2) is 0 Å². The SMILES string of the molecule is COCc1ccccc1C(=O)N1CCC[C@@H](n2nc(C)cc2C)C1. The molecule has 1 amide bonds. The number of amides is 1. The molecule has 0 N–H and O–H groups in total. The molecular formula is C19H25N3O2. The van der Waals surface area contributed by atoms with Gasteiger partial charge in [-0.1, -0.05) is 18.2 Å². The van der Waals surface area contributed by atoms with E-state index in [2.05, 4.69) is 22.8 Å². The Hall–Kier alpha value is -2.14. The van der Waals surface area contributed by atoms with Crippen LogP contribution in [0.25, 0.3) is 0 Å². The molecule has 5 nitrogen and oxygen atoms in total. The molecule has 0 aliphatic carbocycles. The van der Waals surface area contributed by atoms with Crippen molar-refractivity contribution in [2.24, 2.45) is 0 Å². The first-order chi connectivity index (χ1) is 11.6. The Bertz CT molecular complexity index is 723. The van der Waals surface area contributed by atoms with Crippen molar-refractivity contribution < 1.29 is 9.53 Å². The van der Waals surface area contributed by atoms with Crippen molar-refractivity contribution >= 4 is 5.91 Å². The molecule has 2 aromatic rings. The fourth-order valence-electron chi connectivity index (χ4n) is 3.54. The first-order valence-corrected chi connectivity index (χ1v) is 8.49. The van der Waals surface area contributed by atoms with Crippen LogP contribution in [-0.2, 0) is 11.3 Å². The number of hydrogen-bond acceptors (Lipinski definition) is 3. The molecule has 0 spiro atoms. The van der Waals surface area contributed by atoms with Crippen molar-refractivity contribution in [1.29, 1.82) is 0 Å². The van der Waals surface area contributed by atoms with E-state index in [1.54, 1.807) is 7.11 Å². The van der Waals surface area contributed by atoms with E-state index in [1.165, 1.54) is 0 Å². The van der Waals surface area contributed by atoms with E-state index in [9.17, 15) is 4.79 Å². The Balaban J connectivity index is 1.80. The number of ether oxygens (including phenoxy) is 1. The highest BCUT2D eigenvalue weighted by Gasteiger charge is 2.27. The lowest BCUT2D eigenvalue weighted by Crippen LogP contribution is -2.41. The number of rotatable bonds is 4. The van der Waals surface area contributed by atoms with E-state index in [0.29, 0.717) is 13.2 Å². The maximum absolute atomic E-state index is 13.0. The molecule has 1 aromatic heterocycles. The molecule has 3 rings (SSSR count). The van der Waals surface area contributed by atoms with E-state index in [-0.39, 0.29) is 11.9 Å². The van der Waals surface area contributed by atoms with Gasteiger partial charge in [0.2, 0.25) is 0 Å². The lowest BCUT2D eigenvalue weighted by molar-refractivity contribution is 0.0667. The van der Waals surface area contributed by atoms with Crippen LogP contribution in [0.3, 0.4) is 0 Å². The van der Waals surface area contributed by atoms with Gasteiger partial charge in [-0.2, -0.15) is 5.10 Å². The third kappa shape index (κ3) is 3.36.